The fourth-order valence-electron chi connectivity index (χ4n) is 1.53. The number of nitro benzene ring substituents is 1. The Bertz CT molecular complexity index is 548. The van der Waals surface area contributed by atoms with Crippen molar-refractivity contribution >= 4 is 17.6 Å². The van der Waals surface area contributed by atoms with E-state index in [1.807, 2.05) is 30.3 Å². The van der Waals surface area contributed by atoms with Crippen LogP contribution < -0.4 is 0 Å². The van der Waals surface area contributed by atoms with Crippen molar-refractivity contribution in [3.8, 4) is 0 Å². The third-order valence-electron chi connectivity index (χ3n) is 2.47. The van der Waals surface area contributed by atoms with E-state index in [1.165, 1.54) is 17.7 Å². The summed E-state index contributed by atoms with van der Waals surface area (Å²) in [6.07, 6.45) is 2.55. The highest BCUT2D eigenvalue weighted by Crippen LogP contribution is 2.17. The first-order valence-corrected chi connectivity index (χ1v) is 5.56. The summed E-state index contributed by atoms with van der Waals surface area (Å²) in [5, 5.41) is 10.5. The third-order valence-corrected chi connectivity index (χ3v) is 2.47. The van der Waals surface area contributed by atoms with Gasteiger partial charge in [0.05, 0.1) is 10.6 Å². The first kappa shape index (κ1) is 12.0. The lowest BCUT2D eigenvalue weighted by Gasteiger charge is -1.95. The molecule has 0 atom stereocenters. The van der Waals surface area contributed by atoms with E-state index in [1.54, 1.807) is 18.3 Å². The zero-order chi connectivity index (χ0) is 12.8. The van der Waals surface area contributed by atoms with Gasteiger partial charge in [0.1, 0.15) is 0 Å². The van der Waals surface area contributed by atoms with Gasteiger partial charge in [0.15, 0.2) is 0 Å². The van der Waals surface area contributed by atoms with Gasteiger partial charge in [-0.05, 0) is 17.7 Å². The minimum atomic E-state index is -0.419. The highest BCUT2D eigenvalue weighted by atomic mass is 16.6. The van der Waals surface area contributed by atoms with Crippen molar-refractivity contribution in [3.63, 3.8) is 0 Å². The molecule has 0 amide bonds. The van der Waals surface area contributed by atoms with Crippen LogP contribution in [0.1, 0.15) is 5.56 Å². The lowest BCUT2D eigenvalue weighted by atomic mass is 10.2. The standard InChI is InChI=1S/C14H12N2O2/c17-16(18)14-8-6-13(7-9-14)15-11-10-12-4-2-1-3-5-12/h1-9,11H,10H2. The summed E-state index contributed by atoms with van der Waals surface area (Å²) in [6, 6.07) is 16.2. The Morgan fingerprint density at radius 1 is 1.06 bits per heavy atom. The van der Waals surface area contributed by atoms with Gasteiger partial charge in [-0.2, -0.15) is 0 Å². The van der Waals surface area contributed by atoms with Crippen molar-refractivity contribution in [1.29, 1.82) is 0 Å². The van der Waals surface area contributed by atoms with Gasteiger partial charge in [-0.15, -0.1) is 0 Å². The average Bonchev–Trinajstić information content (AvgIpc) is 2.40. The summed E-state index contributed by atoms with van der Waals surface area (Å²) in [4.78, 5) is 14.3. The predicted octanol–water partition coefficient (Wildman–Crippen LogP) is 3.54. The second-order valence-electron chi connectivity index (χ2n) is 3.77. The number of hydrogen-bond acceptors (Lipinski definition) is 3. The maximum atomic E-state index is 10.5. The summed E-state index contributed by atoms with van der Waals surface area (Å²) < 4.78 is 0. The summed E-state index contributed by atoms with van der Waals surface area (Å²) in [5.41, 5.74) is 1.98. The zero-order valence-corrected chi connectivity index (χ0v) is 9.69. The number of hydrogen-bond donors (Lipinski definition) is 0. The first-order chi connectivity index (χ1) is 8.75. The average molecular weight is 240 g/mol. The molecule has 18 heavy (non-hydrogen) atoms. The molecule has 2 aromatic carbocycles. The predicted molar refractivity (Wildman–Crippen MR) is 71.4 cm³/mol. The molecule has 0 bridgehead atoms. The van der Waals surface area contributed by atoms with Crippen molar-refractivity contribution in [1.82, 2.24) is 0 Å². The van der Waals surface area contributed by atoms with E-state index in [0.717, 1.165) is 12.1 Å². The molecule has 4 nitrogen and oxygen atoms in total. The molecular weight excluding hydrogens is 228 g/mol. The molecular formula is C14H12N2O2. The molecule has 0 aliphatic rings. The minimum absolute atomic E-state index is 0.0806. The molecule has 2 aromatic rings. The molecule has 0 saturated heterocycles. The molecule has 0 spiro atoms. The van der Waals surface area contributed by atoms with Gasteiger partial charge < -0.3 is 0 Å². The van der Waals surface area contributed by atoms with Crippen LogP contribution in [0.5, 0.6) is 0 Å². The van der Waals surface area contributed by atoms with Crippen LogP contribution in [0, 0.1) is 10.1 Å². The molecule has 0 N–H and O–H groups in total. The Labute approximate surface area is 105 Å². The van der Waals surface area contributed by atoms with Crippen molar-refractivity contribution in [2.24, 2.45) is 4.99 Å². The van der Waals surface area contributed by atoms with Crippen LogP contribution in [-0.2, 0) is 6.42 Å². The Morgan fingerprint density at radius 2 is 1.72 bits per heavy atom. The summed E-state index contributed by atoms with van der Waals surface area (Å²) in [7, 11) is 0. The zero-order valence-electron chi connectivity index (χ0n) is 9.69. The summed E-state index contributed by atoms with van der Waals surface area (Å²) >= 11 is 0. The molecule has 0 unspecified atom stereocenters. The normalized spacial score (nSPS) is 10.7. The largest absolute Gasteiger partial charge is 0.269 e. The maximum Gasteiger partial charge on any atom is 0.269 e. The monoisotopic (exact) mass is 240 g/mol. The van der Waals surface area contributed by atoms with E-state index in [0.29, 0.717) is 0 Å². The van der Waals surface area contributed by atoms with Crippen LogP contribution in [0.4, 0.5) is 11.4 Å². The summed E-state index contributed by atoms with van der Waals surface area (Å²) in [5.74, 6) is 0. The number of nitrogens with zero attached hydrogens (tertiary/aromatic N) is 2. The van der Waals surface area contributed by atoms with Gasteiger partial charge in [-0.3, -0.25) is 15.1 Å². The third kappa shape index (κ3) is 3.25. The second kappa shape index (κ2) is 5.72. The Hall–Kier alpha value is -2.49. The number of aliphatic imine (C=N–C) groups is 1. The number of nitro groups is 1. The quantitative estimate of drug-likeness (QED) is 0.466. The fraction of sp³-hybridized carbons (Fsp3) is 0.0714. The van der Waals surface area contributed by atoms with Crippen LogP contribution in [0.2, 0.25) is 0 Å². The van der Waals surface area contributed by atoms with Crippen LogP contribution in [0.15, 0.2) is 59.6 Å². The van der Waals surface area contributed by atoms with Crippen LogP contribution in [0.3, 0.4) is 0 Å². The van der Waals surface area contributed by atoms with Gasteiger partial charge in [0.25, 0.3) is 5.69 Å². The van der Waals surface area contributed by atoms with E-state index in [2.05, 4.69) is 4.99 Å². The van der Waals surface area contributed by atoms with E-state index in [-0.39, 0.29) is 5.69 Å². The molecule has 0 aliphatic carbocycles. The molecule has 90 valence electrons. The molecule has 0 aliphatic heterocycles. The number of benzene rings is 2. The highest BCUT2D eigenvalue weighted by molar-refractivity contribution is 5.66. The maximum absolute atomic E-state index is 10.5. The van der Waals surface area contributed by atoms with Crippen molar-refractivity contribution in [2.75, 3.05) is 0 Å². The van der Waals surface area contributed by atoms with Gasteiger partial charge in [-0.1, -0.05) is 30.3 Å². The molecule has 0 heterocycles. The molecule has 0 saturated carbocycles. The first-order valence-electron chi connectivity index (χ1n) is 5.56. The lowest BCUT2D eigenvalue weighted by molar-refractivity contribution is -0.384. The number of rotatable bonds is 4. The molecule has 0 fully saturated rings. The Kier molecular flexibility index (Phi) is 3.81. The van der Waals surface area contributed by atoms with Crippen LogP contribution in [0.25, 0.3) is 0 Å². The summed E-state index contributed by atoms with van der Waals surface area (Å²) in [6.45, 7) is 0. The van der Waals surface area contributed by atoms with E-state index in [9.17, 15) is 10.1 Å². The van der Waals surface area contributed by atoms with Gasteiger partial charge >= 0.3 is 0 Å². The SMILES string of the molecule is O=[N+]([O-])c1ccc(N=CCc2ccccc2)cc1. The minimum Gasteiger partial charge on any atom is -0.261 e. The van der Waals surface area contributed by atoms with E-state index in [4.69, 9.17) is 0 Å². The van der Waals surface area contributed by atoms with Gasteiger partial charge in [-0.25, -0.2) is 0 Å². The number of non-ortho nitro benzene ring substituents is 1. The van der Waals surface area contributed by atoms with E-state index < -0.39 is 4.92 Å². The van der Waals surface area contributed by atoms with Crippen LogP contribution in [-0.4, -0.2) is 11.1 Å². The highest BCUT2D eigenvalue weighted by Gasteiger charge is 2.02. The van der Waals surface area contributed by atoms with Gasteiger partial charge in [0, 0.05) is 24.8 Å². The smallest absolute Gasteiger partial charge is 0.261 e. The lowest BCUT2D eigenvalue weighted by Crippen LogP contribution is -1.86. The molecule has 0 aromatic heterocycles. The Balaban J connectivity index is 1.99. The van der Waals surface area contributed by atoms with Crippen molar-refractivity contribution in [3.05, 3.63) is 70.3 Å². The van der Waals surface area contributed by atoms with Crippen LogP contribution >= 0.6 is 0 Å². The van der Waals surface area contributed by atoms with E-state index >= 15 is 0 Å². The molecule has 0 radical (unpaired) electrons. The van der Waals surface area contributed by atoms with Gasteiger partial charge in [0.2, 0.25) is 0 Å². The molecule has 2 rings (SSSR count). The topological polar surface area (TPSA) is 55.5 Å². The second-order valence-corrected chi connectivity index (χ2v) is 3.77. The van der Waals surface area contributed by atoms with Crippen molar-refractivity contribution < 1.29 is 4.92 Å². The molecule has 4 heteroatoms. The fourth-order valence-corrected chi connectivity index (χ4v) is 1.53. The Morgan fingerprint density at radius 3 is 2.33 bits per heavy atom. The van der Waals surface area contributed by atoms with Crippen molar-refractivity contribution in [2.45, 2.75) is 6.42 Å².